The van der Waals surface area contributed by atoms with Crippen LogP contribution in [0.15, 0.2) is 66.9 Å². The fraction of sp³-hybridized carbons (Fsp3) is 0.367. The molecule has 0 aliphatic carbocycles. The molecule has 0 radical (unpaired) electrons. The molecule has 3 rings (SSSR count). The van der Waals surface area contributed by atoms with Crippen molar-refractivity contribution in [3.05, 3.63) is 78.0 Å². The Kier molecular flexibility index (Phi) is 11.2. The molecule has 2 atom stereocenters. The van der Waals surface area contributed by atoms with E-state index in [9.17, 15) is 19.2 Å². The first-order valence-corrected chi connectivity index (χ1v) is 13.1. The first-order valence-electron chi connectivity index (χ1n) is 13.1. The molecule has 3 N–H and O–H groups in total. The fourth-order valence-electron chi connectivity index (χ4n) is 3.86. The quantitative estimate of drug-likeness (QED) is 0.285. The Bertz CT molecular complexity index is 1340. The molecule has 0 aliphatic heterocycles. The predicted molar refractivity (Wildman–Crippen MR) is 151 cm³/mol. The molecule has 11 heteroatoms. The van der Waals surface area contributed by atoms with Crippen LogP contribution in [0.2, 0.25) is 0 Å². The number of esters is 1. The van der Waals surface area contributed by atoms with Gasteiger partial charge in [-0.05, 0) is 38.0 Å². The zero-order valence-electron chi connectivity index (χ0n) is 23.6. The average Bonchev–Trinajstić information content (AvgIpc) is 2.93. The number of hydrogen-bond acceptors (Lipinski definition) is 8. The van der Waals surface area contributed by atoms with Gasteiger partial charge in [-0.2, -0.15) is 0 Å². The Balaban J connectivity index is 1.67. The predicted octanol–water partition coefficient (Wildman–Crippen LogP) is 3.01. The minimum atomic E-state index is -1.37. The van der Waals surface area contributed by atoms with Crippen molar-refractivity contribution >= 4 is 34.8 Å². The Morgan fingerprint density at radius 1 is 0.878 bits per heavy atom. The second-order valence-electron chi connectivity index (χ2n) is 10.3. The minimum absolute atomic E-state index is 0.00180. The molecule has 2 unspecified atom stereocenters. The van der Waals surface area contributed by atoms with E-state index in [1.807, 2.05) is 36.4 Å². The molecule has 11 nitrogen and oxygen atoms in total. The third-order valence-electron chi connectivity index (χ3n) is 5.76. The number of carbonyl (C=O) groups excluding carboxylic acids is 4. The number of nitrogens with zero attached hydrogens (tertiary/aromatic N) is 1. The van der Waals surface area contributed by atoms with Crippen LogP contribution in [0, 0.1) is 0 Å². The van der Waals surface area contributed by atoms with Crippen molar-refractivity contribution in [2.45, 2.75) is 58.0 Å². The van der Waals surface area contributed by atoms with Crippen molar-refractivity contribution in [1.82, 2.24) is 20.9 Å². The summed E-state index contributed by atoms with van der Waals surface area (Å²) in [6.07, 6.45) is 0.287. The summed E-state index contributed by atoms with van der Waals surface area (Å²) in [7, 11) is 1.39. The normalized spacial score (nSPS) is 12.6. The topological polar surface area (TPSA) is 145 Å². The van der Waals surface area contributed by atoms with E-state index in [4.69, 9.17) is 14.2 Å². The van der Waals surface area contributed by atoms with Crippen LogP contribution < -0.4 is 16.0 Å². The van der Waals surface area contributed by atoms with E-state index in [0.29, 0.717) is 0 Å². The lowest BCUT2D eigenvalue weighted by atomic mass is 10.1. The lowest BCUT2D eigenvalue weighted by Gasteiger charge is -2.24. The molecule has 0 fully saturated rings. The number of carbonyl (C=O) groups is 4. The zero-order chi connectivity index (χ0) is 29.8. The lowest BCUT2D eigenvalue weighted by molar-refractivity contribution is -0.147. The molecular weight excluding hydrogens is 528 g/mol. The summed E-state index contributed by atoms with van der Waals surface area (Å²) in [4.78, 5) is 55.8. The molecule has 3 amide bonds. The molecule has 218 valence electrons. The number of fused-ring (bicyclic) bond motifs is 1. The number of benzene rings is 2. The highest BCUT2D eigenvalue weighted by atomic mass is 16.6. The second-order valence-corrected chi connectivity index (χ2v) is 10.3. The van der Waals surface area contributed by atoms with Gasteiger partial charge in [0.25, 0.3) is 0 Å². The van der Waals surface area contributed by atoms with E-state index in [2.05, 4.69) is 20.9 Å². The molecule has 41 heavy (non-hydrogen) atoms. The summed E-state index contributed by atoms with van der Waals surface area (Å²) in [6.45, 7) is 5.01. The summed E-state index contributed by atoms with van der Waals surface area (Å²) in [5.74, 6) is -2.02. The van der Waals surface area contributed by atoms with Gasteiger partial charge in [-0.1, -0.05) is 54.6 Å². The van der Waals surface area contributed by atoms with Crippen LogP contribution in [0.25, 0.3) is 10.9 Å². The number of para-hydroxylation sites is 1. The molecule has 3 aromatic rings. The average molecular weight is 565 g/mol. The van der Waals surface area contributed by atoms with E-state index in [0.717, 1.165) is 22.0 Å². The maximum atomic E-state index is 13.3. The van der Waals surface area contributed by atoms with Gasteiger partial charge in [0.1, 0.15) is 24.3 Å². The second kappa shape index (κ2) is 14.8. The summed E-state index contributed by atoms with van der Waals surface area (Å²) in [5, 5.41) is 8.70. The Morgan fingerprint density at radius 2 is 1.61 bits per heavy atom. The maximum absolute atomic E-state index is 13.3. The number of pyridine rings is 1. The molecule has 1 heterocycles. The van der Waals surface area contributed by atoms with Gasteiger partial charge in [0.15, 0.2) is 0 Å². The highest BCUT2D eigenvalue weighted by molar-refractivity contribution is 5.93. The number of methoxy groups -OCH3 is 1. The summed E-state index contributed by atoms with van der Waals surface area (Å²) in [6, 6.07) is 15.9. The van der Waals surface area contributed by atoms with Crippen molar-refractivity contribution in [3.8, 4) is 0 Å². The summed E-state index contributed by atoms with van der Waals surface area (Å²) >= 11 is 0. The molecule has 0 saturated carbocycles. The van der Waals surface area contributed by atoms with Crippen LogP contribution in [-0.4, -0.2) is 60.3 Å². The van der Waals surface area contributed by atoms with Gasteiger partial charge in [-0.25, -0.2) is 4.79 Å². The van der Waals surface area contributed by atoms with E-state index < -0.39 is 48.0 Å². The van der Waals surface area contributed by atoms with Crippen LogP contribution in [0.3, 0.4) is 0 Å². The highest BCUT2D eigenvalue weighted by Crippen LogP contribution is 2.15. The molecule has 0 bridgehead atoms. The van der Waals surface area contributed by atoms with Crippen LogP contribution in [0.4, 0.5) is 4.79 Å². The van der Waals surface area contributed by atoms with Crippen molar-refractivity contribution in [3.63, 3.8) is 0 Å². The van der Waals surface area contributed by atoms with E-state index >= 15 is 0 Å². The molecule has 0 spiro atoms. The van der Waals surface area contributed by atoms with Gasteiger partial charge in [0.05, 0.1) is 18.5 Å². The molecule has 2 aromatic carbocycles. The third-order valence-corrected chi connectivity index (χ3v) is 5.76. The van der Waals surface area contributed by atoms with Gasteiger partial charge >= 0.3 is 12.1 Å². The summed E-state index contributed by atoms with van der Waals surface area (Å²) in [5.41, 5.74) is 1.47. The number of nitrogens with one attached hydrogen (secondary N) is 3. The van der Waals surface area contributed by atoms with Gasteiger partial charge in [0, 0.05) is 25.2 Å². The van der Waals surface area contributed by atoms with Crippen LogP contribution in [0.5, 0.6) is 0 Å². The largest absolute Gasteiger partial charge is 0.461 e. The van der Waals surface area contributed by atoms with Crippen molar-refractivity contribution in [1.29, 1.82) is 0 Å². The summed E-state index contributed by atoms with van der Waals surface area (Å²) < 4.78 is 15.7. The smallest absolute Gasteiger partial charge is 0.408 e. The number of rotatable bonds is 12. The number of amides is 3. The number of aromatic nitrogens is 1. The van der Waals surface area contributed by atoms with Crippen molar-refractivity contribution < 1.29 is 33.4 Å². The van der Waals surface area contributed by atoms with Crippen LogP contribution >= 0.6 is 0 Å². The third kappa shape index (κ3) is 10.2. The monoisotopic (exact) mass is 564 g/mol. The SMILES string of the molecule is COCC(NC(=O)C(CC(=O)OCc1ccccc1)NC(=O)OC(C)(C)C)C(=O)NCc1cccc2cccnc12. The molecule has 1 aromatic heterocycles. The van der Waals surface area contributed by atoms with Crippen LogP contribution in [-0.2, 0) is 41.7 Å². The number of hydrogen-bond donors (Lipinski definition) is 3. The van der Waals surface area contributed by atoms with E-state index in [1.54, 1.807) is 51.2 Å². The van der Waals surface area contributed by atoms with Gasteiger partial charge < -0.3 is 30.2 Å². The standard InChI is InChI=1S/C30H36N4O7/c1-30(2,3)41-29(38)34-23(16-25(35)40-18-20-10-6-5-7-11-20)28(37)33-24(19-39-4)27(36)32-17-22-13-8-12-21-14-9-15-31-26(21)22/h5-15,23-24H,16-19H2,1-4H3,(H,32,36)(H,33,37)(H,34,38). The first-order chi connectivity index (χ1) is 19.6. The Morgan fingerprint density at radius 3 is 2.32 bits per heavy atom. The first kappa shape index (κ1) is 31.0. The Hall–Kier alpha value is -4.51. The van der Waals surface area contributed by atoms with Crippen molar-refractivity contribution in [2.75, 3.05) is 13.7 Å². The van der Waals surface area contributed by atoms with Gasteiger partial charge in [-0.15, -0.1) is 0 Å². The number of ether oxygens (including phenoxy) is 3. The van der Waals surface area contributed by atoms with Crippen LogP contribution in [0.1, 0.15) is 38.3 Å². The lowest BCUT2D eigenvalue weighted by Crippen LogP contribution is -2.56. The van der Waals surface area contributed by atoms with Gasteiger partial charge in [0.2, 0.25) is 11.8 Å². The molecule has 0 saturated heterocycles. The molecule has 0 aliphatic rings. The molecular formula is C30H36N4O7. The van der Waals surface area contributed by atoms with E-state index in [1.165, 1.54) is 7.11 Å². The fourth-order valence-corrected chi connectivity index (χ4v) is 3.86. The van der Waals surface area contributed by atoms with Crippen molar-refractivity contribution in [2.24, 2.45) is 0 Å². The maximum Gasteiger partial charge on any atom is 0.408 e. The Labute approximate surface area is 239 Å². The van der Waals surface area contributed by atoms with E-state index in [-0.39, 0.29) is 19.8 Å². The number of alkyl carbamates (subject to hydrolysis) is 1. The zero-order valence-corrected chi connectivity index (χ0v) is 23.6. The highest BCUT2D eigenvalue weighted by Gasteiger charge is 2.30. The van der Waals surface area contributed by atoms with Gasteiger partial charge in [-0.3, -0.25) is 19.4 Å². The minimum Gasteiger partial charge on any atom is -0.461 e.